The lowest BCUT2D eigenvalue weighted by Gasteiger charge is -2.16. The van der Waals surface area contributed by atoms with Gasteiger partial charge in [-0.1, -0.05) is 17.3 Å². The molecule has 0 aliphatic carbocycles. The van der Waals surface area contributed by atoms with Gasteiger partial charge in [0, 0.05) is 0 Å². The van der Waals surface area contributed by atoms with E-state index in [1.807, 2.05) is 6.07 Å². The van der Waals surface area contributed by atoms with Crippen molar-refractivity contribution in [3.05, 3.63) is 77.6 Å². The fourth-order valence-electron chi connectivity index (χ4n) is 2.93. The molecule has 4 aromatic rings. The van der Waals surface area contributed by atoms with Gasteiger partial charge in [-0.2, -0.15) is 5.26 Å². The highest BCUT2D eigenvalue weighted by atomic mass is 19.1. The summed E-state index contributed by atoms with van der Waals surface area (Å²) in [7, 11) is 0. The van der Waals surface area contributed by atoms with Crippen LogP contribution in [0.2, 0.25) is 0 Å². The Kier molecular flexibility index (Phi) is 5.45. The number of anilines is 2. The number of hydrogen-bond acceptors (Lipinski definition) is 10. The number of nitriles is 1. The molecule has 3 heterocycles. The first-order chi connectivity index (χ1) is 15.5. The van der Waals surface area contributed by atoms with Crippen molar-refractivity contribution in [3.63, 3.8) is 0 Å². The van der Waals surface area contributed by atoms with Crippen LogP contribution in [-0.2, 0) is 0 Å². The zero-order valence-electron chi connectivity index (χ0n) is 16.7. The van der Waals surface area contributed by atoms with Crippen LogP contribution in [0.15, 0.2) is 49.2 Å². The van der Waals surface area contributed by atoms with Gasteiger partial charge in [0.1, 0.15) is 46.9 Å². The minimum Gasteiger partial charge on any atom is -0.383 e. The highest BCUT2D eigenvalue weighted by Crippen LogP contribution is 2.25. The summed E-state index contributed by atoms with van der Waals surface area (Å²) in [6.07, 6.45) is 5.49. The standard InChI is InChI=1S/C20H16FN11/c1-11(15-9-32(31-30-15)16-5-3-2-4-13(16)21)28-20-17(19(24)26-10-27-20)18(23)14-8-25-7-12(6-22)29-14/h2-5,7-11,23H,1H3,(H3,24,26,27,28). The summed E-state index contributed by atoms with van der Waals surface area (Å²) in [6.45, 7) is 1.80. The molecule has 0 spiro atoms. The van der Waals surface area contributed by atoms with Crippen molar-refractivity contribution in [1.82, 2.24) is 34.9 Å². The monoisotopic (exact) mass is 429 g/mol. The molecule has 0 aliphatic rings. The smallest absolute Gasteiger partial charge is 0.159 e. The molecule has 1 atom stereocenters. The van der Waals surface area contributed by atoms with Gasteiger partial charge in [-0.3, -0.25) is 10.4 Å². The van der Waals surface area contributed by atoms with Crippen molar-refractivity contribution >= 4 is 17.3 Å². The number of para-hydroxylation sites is 1. The Balaban J connectivity index is 1.63. The van der Waals surface area contributed by atoms with Gasteiger partial charge in [-0.15, -0.1) is 5.10 Å². The van der Waals surface area contributed by atoms with Crippen LogP contribution in [0, 0.1) is 22.6 Å². The normalized spacial score (nSPS) is 11.5. The molecule has 1 aromatic carbocycles. The molecule has 32 heavy (non-hydrogen) atoms. The number of nitrogen functional groups attached to an aromatic ring is 1. The third-order valence-electron chi connectivity index (χ3n) is 4.54. The summed E-state index contributed by atoms with van der Waals surface area (Å²) < 4.78 is 15.4. The van der Waals surface area contributed by atoms with E-state index >= 15 is 0 Å². The van der Waals surface area contributed by atoms with Crippen LogP contribution in [-0.4, -0.2) is 40.6 Å². The average Bonchev–Trinajstić information content (AvgIpc) is 3.29. The number of rotatable bonds is 6. The van der Waals surface area contributed by atoms with Crippen LogP contribution >= 0.6 is 0 Å². The Labute approximate surface area is 181 Å². The van der Waals surface area contributed by atoms with Gasteiger partial charge < -0.3 is 11.1 Å². The maximum absolute atomic E-state index is 14.0. The third kappa shape index (κ3) is 3.94. The number of benzene rings is 1. The zero-order chi connectivity index (χ0) is 22.7. The molecule has 12 heteroatoms. The van der Waals surface area contributed by atoms with Gasteiger partial charge in [-0.05, 0) is 19.1 Å². The van der Waals surface area contributed by atoms with Crippen LogP contribution in [0.5, 0.6) is 0 Å². The summed E-state index contributed by atoms with van der Waals surface area (Å²) in [5, 5.41) is 28.8. The first-order valence-corrected chi connectivity index (χ1v) is 9.33. The lowest BCUT2D eigenvalue weighted by atomic mass is 10.1. The zero-order valence-corrected chi connectivity index (χ0v) is 16.7. The van der Waals surface area contributed by atoms with Crippen LogP contribution in [0.1, 0.15) is 35.6 Å². The minimum absolute atomic E-state index is 0.0545. The van der Waals surface area contributed by atoms with Gasteiger partial charge in [0.2, 0.25) is 0 Å². The SMILES string of the molecule is CC(Nc1ncnc(N)c1C(=N)c1cncc(C#N)n1)c1cn(-c2ccccc2F)nn1. The van der Waals surface area contributed by atoms with Gasteiger partial charge in [0.05, 0.1) is 35.9 Å². The van der Waals surface area contributed by atoms with E-state index in [-0.39, 0.29) is 40.0 Å². The number of nitrogens with zero attached hydrogens (tertiary/aromatic N) is 8. The van der Waals surface area contributed by atoms with Crippen molar-refractivity contribution < 1.29 is 4.39 Å². The largest absolute Gasteiger partial charge is 0.383 e. The fraction of sp³-hybridized carbons (Fsp3) is 0.100. The third-order valence-corrected chi connectivity index (χ3v) is 4.54. The first kappa shape index (κ1) is 20.5. The minimum atomic E-state index is -0.426. The van der Waals surface area contributed by atoms with Crippen molar-refractivity contribution in [2.24, 2.45) is 0 Å². The van der Waals surface area contributed by atoms with Crippen LogP contribution < -0.4 is 11.1 Å². The number of hydrogen-bond donors (Lipinski definition) is 3. The Morgan fingerprint density at radius 3 is 2.88 bits per heavy atom. The van der Waals surface area contributed by atoms with Gasteiger partial charge in [0.25, 0.3) is 0 Å². The molecule has 0 amide bonds. The topological polar surface area (TPSA) is 168 Å². The highest BCUT2D eigenvalue weighted by molar-refractivity contribution is 6.15. The average molecular weight is 429 g/mol. The van der Waals surface area contributed by atoms with Crippen LogP contribution in [0.25, 0.3) is 5.69 Å². The van der Waals surface area contributed by atoms with Gasteiger partial charge in [0.15, 0.2) is 5.69 Å². The van der Waals surface area contributed by atoms with Crippen molar-refractivity contribution in [3.8, 4) is 11.8 Å². The van der Waals surface area contributed by atoms with Crippen LogP contribution in [0.3, 0.4) is 0 Å². The number of halogens is 1. The molecule has 0 bridgehead atoms. The van der Waals surface area contributed by atoms with Gasteiger partial charge >= 0.3 is 0 Å². The molecule has 4 N–H and O–H groups in total. The number of nitrogens with one attached hydrogen (secondary N) is 2. The molecule has 0 saturated heterocycles. The quantitative estimate of drug-likeness (QED) is 0.388. The Morgan fingerprint density at radius 2 is 2.09 bits per heavy atom. The molecule has 0 aliphatic heterocycles. The van der Waals surface area contributed by atoms with E-state index in [9.17, 15) is 4.39 Å². The fourth-order valence-corrected chi connectivity index (χ4v) is 2.93. The maximum Gasteiger partial charge on any atom is 0.159 e. The first-order valence-electron chi connectivity index (χ1n) is 9.33. The van der Waals surface area contributed by atoms with Crippen molar-refractivity contribution in [2.75, 3.05) is 11.1 Å². The van der Waals surface area contributed by atoms with Crippen molar-refractivity contribution in [2.45, 2.75) is 13.0 Å². The molecule has 0 saturated carbocycles. The number of nitrogens with two attached hydrogens (primary N) is 1. The van der Waals surface area contributed by atoms with Crippen LogP contribution in [0.4, 0.5) is 16.0 Å². The summed E-state index contributed by atoms with van der Waals surface area (Å²) in [6, 6.07) is 7.68. The second kappa shape index (κ2) is 8.52. The second-order valence-corrected chi connectivity index (χ2v) is 6.66. The van der Waals surface area contributed by atoms with Gasteiger partial charge in [-0.25, -0.2) is 24.0 Å². The molecule has 1 unspecified atom stereocenters. The predicted octanol–water partition coefficient (Wildman–Crippen LogP) is 2.03. The van der Waals surface area contributed by atoms with E-state index in [1.165, 1.54) is 29.5 Å². The predicted molar refractivity (Wildman–Crippen MR) is 112 cm³/mol. The summed E-state index contributed by atoms with van der Waals surface area (Å²) >= 11 is 0. The Bertz CT molecular complexity index is 1340. The summed E-state index contributed by atoms with van der Waals surface area (Å²) in [5.41, 5.74) is 7.11. The Morgan fingerprint density at radius 1 is 1.28 bits per heavy atom. The van der Waals surface area contributed by atoms with E-state index in [2.05, 4.69) is 35.6 Å². The lowest BCUT2D eigenvalue weighted by molar-refractivity contribution is 0.607. The Hall–Kier alpha value is -4.79. The highest BCUT2D eigenvalue weighted by Gasteiger charge is 2.21. The lowest BCUT2D eigenvalue weighted by Crippen LogP contribution is -2.17. The summed E-state index contributed by atoms with van der Waals surface area (Å²) in [5.74, 6) is -0.108. The van der Waals surface area contributed by atoms with E-state index < -0.39 is 11.9 Å². The molecule has 4 rings (SSSR count). The molecule has 11 nitrogen and oxygen atoms in total. The van der Waals surface area contributed by atoms with E-state index in [4.69, 9.17) is 16.4 Å². The molecular weight excluding hydrogens is 413 g/mol. The van der Waals surface area contributed by atoms with E-state index in [0.29, 0.717) is 5.69 Å². The second-order valence-electron chi connectivity index (χ2n) is 6.66. The van der Waals surface area contributed by atoms with Crippen molar-refractivity contribution in [1.29, 1.82) is 10.7 Å². The molecule has 0 radical (unpaired) electrons. The van der Waals surface area contributed by atoms with E-state index in [1.54, 1.807) is 31.3 Å². The maximum atomic E-state index is 14.0. The summed E-state index contributed by atoms with van der Waals surface area (Å²) in [4.78, 5) is 16.2. The number of aromatic nitrogens is 7. The molecular formula is C20H16FN11. The molecule has 158 valence electrons. The van der Waals surface area contributed by atoms with E-state index in [0.717, 1.165) is 0 Å². The molecule has 0 fully saturated rings. The molecule has 3 aromatic heterocycles.